The summed E-state index contributed by atoms with van der Waals surface area (Å²) in [6.45, 7) is 6.39. The summed E-state index contributed by atoms with van der Waals surface area (Å²) in [5, 5.41) is 4.33. The molecule has 1 aliphatic carbocycles. The van der Waals surface area contributed by atoms with Crippen LogP contribution in [0.3, 0.4) is 0 Å². The molecule has 1 aliphatic heterocycles. The Morgan fingerprint density at radius 3 is 2.53 bits per heavy atom. The molecule has 2 heterocycles. The lowest BCUT2D eigenvalue weighted by atomic mass is 10.2. The first-order valence-corrected chi connectivity index (χ1v) is 12.5. The molecule has 0 bridgehead atoms. The number of hydrogen-bond donors (Lipinski definition) is 0. The molecule has 2 aliphatic rings. The van der Waals surface area contributed by atoms with Gasteiger partial charge >= 0.3 is 5.56 Å². The van der Waals surface area contributed by atoms with E-state index >= 15 is 0 Å². The van der Waals surface area contributed by atoms with Crippen LogP contribution in [-0.4, -0.2) is 56.2 Å². The average molecular weight is 483 g/mol. The van der Waals surface area contributed by atoms with E-state index in [1.807, 2.05) is 18.2 Å². The largest absolute Gasteiger partial charge is 0.598 e. The van der Waals surface area contributed by atoms with E-state index in [0.29, 0.717) is 37.6 Å². The zero-order chi connectivity index (χ0) is 22.8. The van der Waals surface area contributed by atoms with Gasteiger partial charge in [-0.2, -0.15) is 9.78 Å². The number of aromatic nitrogens is 2. The molecule has 1 aromatic heterocycles. The van der Waals surface area contributed by atoms with Crippen molar-refractivity contribution in [3.63, 3.8) is 0 Å². The van der Waals surface area contributed by atoms with E-state index in [2.05, 4.69) is 10.00 Å². The lowest BCUT2D eigenvalue weighted by Gasteiger charge is -2.37. The van der Waals surface area contributed by atoms with E-state index in [9.17, 15) is 13.7 Å². The minimum absolute atomic E-state index is 0.0103. The van der Waals surface area contributed by atoms with Gasteiger partial charge in [0.1, 0.15) is 16.8 Å². The summed E-state index contributed by atoms with van der Waals surface area (Å²) in [5.74, 6) is -0.301. The summed E-state index contributed by atoms with van der Waals surface area (Å²) in [5.41, 5.74) is 0.618. The highest BCUT2D eigenvalue weighted by atomic mass is 35.5. The van der Waals surface area contributed by atoms with E-state index in [-0.39, 0.29) is 22.1 Å². The highest BCUT2D eigenvalue weighted by molar-refractivity contribution is 7.89. The minimum atomic E-state index is -1.02. The predicted octanol–water partition coefficient (Wildman–Crippen LogP) is 3.54. The summed E-state index contributed by atoms with van der Waals surface area (Å²) < 4.78 is 35.4. The lowest BCUT2D eigenvalue weighted by molar-refractivity contribution is 0.205. The van der Waals surface area contributed by atoms with Crippen molar-refractivity contribution in [3.8, 4) is 11.4 Å². The number of benzene rings is 1. The van der Waals surface area contributed by atoms with Crippen molar-refractivity contribution in [1.29, 1.82) is 0 Å². The first-order valence-electron chi connectivity index (χ1n) is 11.0. The Morgan fingerprint density at radius 2 is 1.91 bits per heavy atom. The summed E-state index contributed by atoms with van der Waals surface area (Å²) in [6, 6.07) is 4.06. The zero-order valence-corrected chi connectivity index (χ0v) is 19.9. The third-order valence-corrected chi connectivity index (χ3v) is 7.86. The fourth-order valence-electron chi connectivity index (χ4n) is 4.15. The number of piperazine rings is 1. The number of hydrogen-bond acceptors (Lipinski definition) is 6. The van der Waals surface area contributed by atoms with Crippen molar-refractivity contribution in [2.24, 2.45) is 0 Å². The quantitative estimate of drug-likeness (QED) is 0.586. The van der Waals surface area contributed by atoms with Crippen LogP contribution in [0.1, 0.15) is 39.5 Å². The molecular formula is C22H28ClFN4O3S. The van der Waals surface area contributed by atoms with Crippen LogP contribution in [0.2, 0.25) is 5.02 Å². The molecule has 0 amide bonds. The van der Waals surface area contributed by atoms with Crippen molar-refractivity contribution in [3.05, 3.63) is 45.6 Å². The van der Waals surface area contributed by atoms with Gasteiger partial charge in [0.25, 0.3) is 0 Å². The lowest BCUT2D eigenvalue weighted by Crippen LogP contribution is -2.50. The van der Waals surface area contributed by atoms with Crippen LogP contribution in [0.25, 0.3) is 5.69 Å². The van der Waals surface area contributed by atoms with Crippen molar-refractivity contribution in [1.82, 2.24) is 14.1 Å². The molecule has 174 valence electrons. The van der Waals surface area contributed by atoms with Crippen molar-refractivity contribution >= 4 is 28.7 Å². The number of halogens is 2. The van der Waals surface area contributed by atoms with Gasteiger partial charge in [0.05, 0.1) is 36.1 Å². The number of ether oxygens (including phenoxy) is 1. The molecule has 2 fully saturated rings. The van der Waals surface area contributed by atoms with E-state index in [1.165, 1.54) is 22.9 Å². The topological polar surface area (TPSA) is 73.7 Å². The van der Waals surface area contributed by atoms with Gasteiger partial charge in [-0.05, 0) is 57.7 Å². The smallest absolute Gasteiger partial charge is 0.316 e. The molecule has 1 saturated carbocycles. The maximum absolute atomic E-state index is 13.6. The average Bonchev–Trinajstić information content (AvgIpc) is 3.30. The number of anilines is 1. The van der Waals surface area contributed by atoms with Crippen LogP contribution in [-0.2, 0) is 11.4 Å². The third kappa shape index (κ3) is 4.90. The zero-order valence-electron chi connectivity index (χ0n) is 18.3. The predicted molar refractivity (Wildman–Crippen MR) is 125 cm³/mol. The second-order valence-electron chi connectivity index (χ2n) is 8.44. The molecule has 10 heteroatoms. The van der Waals surface area contributed by atoms with Gasteiger partial charge in [0, 0.05) is 24.5 Å². The molecule has 0 N–H and O–H groups in total. The molecule has 0 spiro atoms. The third-order valence-electron chi connectivity index (χ3n) is 5.89. The summed E-state index contributed by atoms with van der Waals surface area (Å²) in [4.78, 5) is 15.5. The molecular weight excluding hydrogens is 455 g/mol. The van der Waals surface area contributed by atoms with Gasteiger partial charge in [0.2, 0.25) is 5.75 Å². The molecule has 0 radical (unpaired) electrons. The summed E-state index contributed by atoms with van der Waals surface area (Å²) in [7, 11) is 0. The Bertz CT molecular complexity index is 1010. The van der Waals surface area contributed by atoms with Crippen LogP contribution in [0.4, 0.5) is 10.1 Å². The second kappa shape index (κ2) is 9.99. The van der Waals surface area contributed by atoms with Crippen molar-refractivity contribution in [2.45, 2.75) is 50.9 Å². The number of rotatable bonds is 6. The first kappa shape index (κ1) is 23.4. The van der Waals surface area contributed by atoms with E-state index in [4.69, 9.17) is 16.3 Å². The Morgan fingerprint density at radius 1 is 1.22 bits per heavy atom. The fourth-order valence-corrected chi connectivity index (χ4v) is 5.44. The van der Waals surface area contributed by atoms with Crippen molar-refractivity contribution in [2.75, 3.05) is 31.1 Å². The van der Waals surface area contributed by atoms with Gasteiger partial charge < -0.3 is 14.2 Å². The molecule has 1 aromatic carbocycles. The Kier molecular flexibility index (Phi) is 7.29. The maximum Gasteiger partial charge on any atom is 0.316 e. The SMILES string of the molecule is CC(C)[S+]([O-])N1CCN(c2cnn(-c3ccc(F)c(Cl)c3)c(=O)c2OC2CCCC2)CC1. The molecule has 4 rings (SSSR count). The van der Waals surface area contributed by atoms with Crippen LogP contribution >= 0.6 is 11.6 Å². The highest BCUT2D eigenvalue weighted by Gasteiger charge is 2.31. The first-order chi connectivity index (χ1) is 15.3. The normalized spacial score (nSPS) is 19.0. The maximum atomic E-state index is 13.6. The Hall–Kier alpha value is -1.81. The van der Waals surface area contributed by atoms with Gasteiger partial charge in [-0.15, -0.1) is 4.31 Å². The Balaban J connectivity index is 1.65. The highest BCUT2D eigenvalue weighted by Crippen LogP contribution is 2.31. The van der Waals surface area contributed by atoms with Crippen LogP contribution in [0.5, 0.6) is 5.75 Å². The minimum Gasteiger partial charge on any atom is -0.598 e. The molecule has 1 saturated heterocycles. The van der Waals surface area contributed by atoms with E-state index in [0.717, 1.165) is 25.7 Å². The van der Waals surface area contributed by atoms with Gasteiger partial charge in [-0.25, -0.2) is 4.39 Å². The van der Waals surface area contributed by atoms with Gasteiger partial charge in [-0.1, -0.05) is 11.6 Å². The van der Waals surface area contributed by atoms with Crippen LogP contribution in [0, 0.1) is 5.82 Å². The monoisotopic (exact) mass is 482 g/mol. The van der Waals surface area contributed by atoms with Crippen LogP contribution < -0.4 is 15.2 Å². The molecule has 2 aromatic rings. The fraction of sp³-hybridized carbons (Fsp3) is 0.545. The summed E-state index contributed by atoms with van der Waals surface area (Å²) in [6.07, 6.45) is 5.58. The van der Waals surface area contributed by atoms with Crippen molar-refractivity contribution < 1.29 is 13.7 Å². The van der Waals surface area contributed by atoms with Gasteiger partial charge in [0.15, 0.2) is 0 Å². The Labute approximate surface area is 195 Å². The molecule has 7 nitrogen and oxygen atoms in total. The van der Waals surface area contributed by atoms with E-state index < -0.39 is 22.7 Å². The van der Waals surface area contributed by atoms with Gasteiger partial charge in [-0.3, -0.25) is 4.79 Å². The van der Waals surface area contributed by atoms with Crippen LogP contribution in [0.15, 0.2) is 29.2 Å². The number of nitrogens with zero attached hydrogens (tertiary/aromatic N) is 4. The second-order valence-corrected chi connectivity index (χ2v) is 10.9. The molecule has 32 heavy (non-hydrogen) atoms. The summed E-state index contributed by atoms with van der Waals surface area (Å²) >= 11 is 4.90. The standard InChI is InChI=1S/C22H28ClFN4O3S/c1-15(2)32(30)27-11-9-26(10-12-27)20-14-25-28(16-7-8-19(24)18(23)13-16)22(29)21(20)31-17-5-3-4-6-17/h7-8,13-15,17H,3-6,9-12H2,1-2H3. The van der Waals surface area contributed by atoms with E-state index in [1.54, 1.807) is 6.20 Å². The molecule has 1 atom stereocenters. The molecule has 1 unspecified atom stereocenters.